The summed E-state index contributed by atoms with van der Waals surface area (Å²) in [5, 5.41) is 7.03. The summed E-state index contributed by atoms with van der Waals surface area (Å²) >= 11 is 0. The summed E-state index contributed by atoms with van der Waals surface area (Å²) < 4.78 is 9.31. The lowest BCUT2D eigenvalue weighted by molar-refractivity contribution is -0.137. The van der Waals surface area contributed by atoms with Crippen molar-refractivity contribution in [2.24, 2.45) is 0 Å². The van der Waals surface area contributed by atoms with Crippen LogP contribution in [0, 0.1) is 6.92 Å². The quantitative estimate of drug-likeness (QED) is 0.711. The van der Waals surface area contributed by atoms with Crippen molar-refractivity contribution in [2.75, 3.05) is 26.2 Å². The summed E-state index contributed by atoms with van der Waals surface area (Å²) in [6, 6.07) is 0. The summed E-state index contributed by atoms with van der Waals surface area (Å²) in [6.45, 7) is 7.04. The molecule has 0 saturated carbocycles. The van der Waals surface area contributed by atoms with Crippen LogP contribution in [0.2, 0.25) is 0 Å². The minimum atomic E-state index is -0.640. The number of hydrogen-bond acceptors (Lipinski definition) is 5. The highest BCUT2D eigenvalue weighted by atomic mass is 16.5. The second-order valence-electron chi connectivity index (χ2n) is 6.51. The number of carbonyl (C=O) groups excluding carboxylic acids is 2. The standard InChI is InChI=1S/C18H26N6O3/c1-3-24-12-15(11-21-24)18(26)23-9-10-27-16(13-23)17(25)20-5-4-7-22-8-6-19-14(22)2/h6,8,11-12,16H,3-5,7,9-10,13H2,1-2H3,(H,20,25). The van der Waals surface area contributed by atoms with Gasteiger partial charge in [-0.05, 0) is 20.3 Å². The normalized spacial score (nSPS) is 17.1. The zero-order valence-corrected chi connectivity index (χ0v) is 15.8. The fourth-order valence-corrected chi connectivity index (χ4v) is 3.04. The number of hydrogen-bond donors (Lipinski definition) is 1. The molecular weight excluding hydrogens is 348 g/mol. The maximum Gasteiger partial charge on any atom is 0.257 e. The van der Waals surface area contributed by atoms with Crippen LogP contribution in [0.5, 0.6) is 0 Å². The van der Waals surface area contributed by atoms with E-state index in [-0.39, 0.29) is 18.4 Å². The average Bonchev–Trinajstić information content (AvgIpc) is 3.33. The second-order valence-corrected chi connectivity index (χ2v) is 6.51. The van der Waals surface area contributed by atoms with E-state index in [9.17, 15) is 9.59 Å². The number of carbonyl (C=O) groups is 2. The molecule has 1 aliphatic rings. The average molecular weight is 374 g/mol. The van der Waals surface area contributed by atoms with Gasteiger partial charge in [-0.15, -0.1) is 0 Å². The van der Waals surface area contributed by atoms with Gasteiger partial charge < -0.3 is 19.5 Å². The molecule has 0 aliphatic carbocycles. The van der Waals surface area contributed by atoms with Crippen molar-refractivity contribution in [2.45, 2.75) is 39.5 Å². The number of imidazole rings is 1. The summed E-state index contributed by atoms with van der Waals surface area (Å²) in [4.78, 5) is 30.8. The highest BCUT2D eigenvalue weighted by Crippen LogP contribution is 2.11. The molecule has 27 heavy (non-hydrogen) atoms. The van der Waals surface area contributed by atoms with E-state index < -0.39 is 6.10 Å². The molecule has 9 heteroatoms. The molecule has 1 aliphatic heterocycles. The number of aryl methyl sites for hydroxylation is 3. The van der Waals surface area contributed by atoms with Crippen molar-refractivity contribution in [3.63, 3.8) is 0 Å². The predicted octanol–water partition coefficient (Wildman–Crippen LogP) is 0.455. The van der Waals surface area contributed by atoms with Gasteiger partial charge in [0, 0.05) is 44.8 Å². The molecule has 146 valence electrons. The predicted molar refractivity (Wildman–Crippen MR) is 98.1 cm³/mol. The zero-order chi connectivity index (χ0) is 19.2. The van der Waals surface area contributed by atoms with Gasteiger partial charge in [-0.1, -0.05) is 0 Å². The third-order valence-corrected chi connectivity index (χ3v) is 4.65. The summed E-state index contributed by atoms with van der Waals surface area (Å²) in [6.07, 6.45) is 7.14. The largest absolute Gasteiger partial charge is 0.365 e. The van der Waals surface area contributed by atoms with Crippen molar-refractivity contribution in [3.8, 4) is 0 Å². The number of ether oxygens (including phenoxy) is 1. The Morgan fingerprint density at radius 1 is 1.41 bits per heavy atom. The van der Waals surface area contributed by atoms with E-state index in [4.69, 9.17) is 4.74 Å². The molecule has 0 bridgehead atoms. The third-order valence-electron chi connectivity index (χ3n) is 4.65. The number of amides is 2. The molecule has 0 spiro atoms. The van der Waals surface area contributed by atoms with E-state index in [1.165, 1.54) is 0 Å². The molecule has 3 heterocycles. The topological polar surface area (TPSA) is 94.3 Å². The molecular formula is C18H26N6O3. The van der Waals surface area contributed by atoms with Crippen molar-refractivity contribution in [3.05, 3.63) is 36.2 Å². The Bertz CT molecular complexity index is 784. The minimum absolute atomic E-state index is 0.119. The SMILES string of the molecule is CCn1cc(C(=O)N2CCOC(C(=O)NCCCn3ccnc3C)C2)cn1. The van der Waals surface area contributed by atoms with Crippen molar-refractivity contribution in [1.29, 1.82) is 0 Å². The number of nitrogens with one attached hydrogen (secondary N) is 1. The maximum atomic E-state index is 12.6. The van der Waals surface area contributed by atoms with Crippen LogP contribution in [0.25, 0.3) is 0 Å². The molecule has 2 aromatic rings. The highest BCUT2D eigenvalue weighted by Gasteiger charge is 2.30. The number of nitrogens with zero attached hydrogens (tertiary/aromatic N) is 5. The molecule has 2 amide bonds. The Hall–Kier alpha value is -2.68. The van der Waals surface area contributed by atoms with Crippen LogP contribution in [0.1, 0.15) is 29.5 Å². The molecule has 0 radical (unpaired) electrons. The Morgan fingerprint density at radius 3 is 2.96 bits per heavy atom. The first kappa shape index (κ1) is 19.1. The molecule has 1 saturated heterocycles. The molecule has 1 N–H and O–H groups in total. The van der Waals surface area contributed by atoms with Crippen molar-refractivity contribution >= 4 is 11.8 Å². The first-order valence-electron chi connectivity index (χ1n) is 9.27. The Labute approximate surface area is 158 Å². The van der Waals surface area contributed by atoms with Crippen LogP contribution >= 0.6 is 0 Å². The number of morpholine rings is 1. The van der Waals surface area contributed by atoms with Crippen LogP contribution < -0.4 is 5.32 Å². The molecule has 0 aromatic carbocycles. The number of rotatable bonds is 7. The van der Waals surface area contributed by atoms with Crippen LogP contribution in [-0.2, 0) is 22.6 Å². The van der Waals surface area contributed by atoms with Gasteiger partial charge in [-0.3, -0.25) is 14.3 Å². The van der Waals surface area contributed by atoms with Crippen LogP contribution in [-0.4, -0.2) is 68.4 Å². The first-order chi connectivity index (χ1) is 13.1. The summed E-state index contributed by atoms with van der Waals surface area (Å²) in [5.41, 5.74) is 0.536. The van der Waals surface area contributed by atoms with Crippen molar-refractivity contribution in [1.82, 2.24) is 29.5 Å². The summed E-state index contributed by atoms with van der Waals surface area (Å²) in [7, 11) is 0. The van der Waals surface area contributed by atoms with Gasteiger partial charge in [0.2, 0.25) is 0 Å². The number of aromatic nitrogens is 4. The Kier molecular flexibility index (Phi) is 6.23. The van der Waals surface area contributed by atoms with E-state index in [1.54, 1.807) is 28.2 Å². The van der Waals surface area contributed by atoms with Crippen molar-refractivity contribution < 1.29 is 14.3 Å². The smallest absolute Gasteiger partial charge is 0.257 e. The second kappa shape index (κ2) is 8.81. The zero-order valence-electron chi connectivity index (χ0n) is 15.8. The molecule has 2 aromatic heterocycles. The van der Waals surface area contributed by atoms with E-state index >= 15 is 0 Å². The van der Waals surface area contributed by atoms with Gasteiger partial charge in [0.1, 0.15) is 5.82 Å². The van der Waals surface area contributed by atoms with Crippen LogP contribution in [0.3, 0.4) is 0 Å². The molecule has 1 fully saturated rings. The lowest BCUT2D eigenvalue weighted by Crippen LogP contribution is -2.51. The fourth-order valence-electron chi connectivity index (χ4n) is 3.04. The minimum Gasteiger partial charge on any atom is -0.365 e. The van der Waals surface area contributed by atoms with E-state index in [0.29, 0.717) is 31.8 Å². The van der Waals surface area contributed by atoms with E-state index in [0.717, 1.165) is 18.8 Å². The first-order valence-corrected chi connectivity index (χ1v) is 9.27. The van der Waals surface area contributed by atoms with Gasteiger partial charge in [0.05, 0.1) is 24.9 Å². The highest BCUT2D eigenvalue weighted by molar-refractivity contribution is 5.94. The lowest BCUT2D eigenvalue weighted by atomic mass is 10.2. The maximum absolute atomic E-state index is 12.6. The van der Waals surface area contributed by atoms with E-state index in [2.05, 4.69) is 15.4 Å². The molecule has 1 atom stereocenters. The Balaban J connectivity index is 1.46. The van der Waals surface area contributed by atoms with Crippen LogP contribution in [0.4, 0.5) is 0 Å². The van der Waals surface area contributed by atoms with Crippen LogP contribution in [0.15, 0.2) is 24.8 Å². The molecule has 9 nitrogen and oxygen atoms in total. The van der Waals surface area contributed by atoms with Gasteiger partial charge >= 0.3 is 0 Å². The van der Waals surface area contributed by atoms with Gasteiger partial charge in [-0.2, -0.15) is 5.10 Å². The molecule has 1 unspecified atom stereocenters. The Morgan fingerprint density at radius 2 is 2.26 bits per heavy atom. The summed E-state index contributed by atoms with van der Waals surface area (Å²) in [5.74, 6) is 0.656. The monoisotopic (exact) mass is 374 g/mol. The lowest BCUT2D eigenvalue weighted by Gasteiger charge is -2.32. The van der Waals surface area contributed by atoms with Gasteiger partial charge in [-0.25, -0.2) is 4.98 Å². The molecule has 3 rings (SSSR count). The van der Waals surface area contributed by atoms with Gasteiger partial charge in [0.15, 0.2) is 6.10 Å². The third kappa shape index (κ3) is 4.73. The fraction of sp³-hybridized carbons (Fsp3) is 0.556. The van der Waals surface area contributed by atoms with Gasteiger partial charge in [0.25, 0.3) is 11.8 Å². The van der Waals surface area contributed by atoms with E-state index in [1.807, 2.05) is 24.6 Å².